The van der Waals surface area contributed by atoms with Gasteiger partial charge in [0.2, 0.25) is 0 Å². The minimum Gasteiger partial charge on any atom is -0.383 e. The van der Waals surface area contributed by atoms with Gasteiger partial charge in [-0.15, -0.1) is 0 Å². The van der Waals surface area contributed by atoms with Gasteiger partial charge in [0.25, 0.3) is 0 Å². The number of epoxide rings is 1. The zero-order valence-electron chi connectivity index (χ0n) is 13.2. The van der Waals surface area contributed by atoms with Crippen molar-refractivity contribution in [1.29, 1.82) is 0 Å². The van der Waals surface area contributed by atoms with Crippen LogP contribution in [0, 0.1) is 5.92 Å². The maximum absolute atomic E-state index is 11.3. The van der Waals surface area contributed by atoms with Crippen LogP contribution < -0.4 is 0 Å². The first-order valence-electron chi connectivity index (χ1n) is 7.93. The summed E-state index contributed by atoms with van der Waals surface area (Å²) in [6.45, 7) is 4.48. The third-order valence-corrected chi connectivity index (χ3v) is 5.19. The molecule has 0 radical (unpaired) electrons. The molecule has 1 N–H and O–H groups in total. The average Bonchev–Trinajstić information content (AvgIpc) is 3.39. The fourth-order valence-electron chi connectivity index (χ4n) is 3.34. The van der Waals surface area contributed by atoms with E-state index in [1.165, 1.54) is 6.33 Å². The summed E-state index contributed by atoms with van der Waals surface area (Å²) in [5.74, 6) is 0.212. The summed E-state index contributed by atoms with van der Waals surface area (Å²) in [4.78, 5) is 3.95. The van der Waals surface area contributed by atoms with Crippen LogP contribution in [0.5, 0.6) is 0 Å². The Morgan fingerprint density at radius 1 is 1.43 bits per heavy atom. The molecule has 2 aliphatic rings. The molecule has 0 bridgehead atoms. The molecule has 5 nitrogen and oxygen atoms in total. The van der Waals surface area contributed by atoms with Crippen molar-refractivity contribution >= 4 is 11.6 Å². The second-order valence-electron chi connectivity index (χ2n) is 7.13. The standard InChI is InChI=1S/C17H20ClN3O2/c1-16(2)15(23-16)11-3-6-13(14(18)7-11)17(22,12-4-5-12)8-21-10-19-9-20-21/h3,6-7,9-10,12,15,22H,4-5,8H2,1-2H3/t15-,17?/m0/s1. The molecule has 1 unspecified atom stereocenters. The Hall–Kier alpha value is -1.43. The Morgan fingerprint density at radius 2 is 2.17 bits per heavy atom. The summed E-state index contributed by atoms with van der Waals surface area (Å²) in [5.41, 5.74) is 0.684. The van der Waals surface area contributed by atoms with Gasteiger partial charge in [-0.25, -0.2) is 9.67 Å². The van der Waals surface area contributed by atoms with E-state index in [9.17, 15) is 5.11 Å². The lowest BCUT2D eigenvalue weighted by atomic mass is 9.87. The highest BCUT2D eigenvalue weighted by Crippen LogP contribution is 2.52. The van der Waals surface area contributed by atoms with Crippen LogP contribution in [0.1, 0.15) is 43.9 Å². The molecule has 1 aromatic carbocycles. The molecule has 0 amide bonds. The van der Waals surface area contributed by atoms with Crippen molar-refractivity contribution in [3.63, 3.8) is 0 Å². The normalized spacial score (nSPS) is 25.1. The van der Waals surface area contributed by atoms with Crippen molar-refractivity contribution in [2.75, 3.05) is 0 Å². The van der Waals surface area contributed by atoms with E-state index in [4.69, 9.17) is 16.3 Å². The van der Waals surface area contributed by atoms with Gasteiger partial charge in [0.05, 0.1) is 12.1 Å². The molecule has 1 saturated heterocycles. The predicted molar refractivity (Wildman–Crippen MR) is 86.0 cm³/mol. The molecule has 1 aromatic heterocycles. The van der Waals surface area contributed by atoms with Gasteiger partial charge in [0.15, 0.2) is 0 Å². The number of aliphatic hydroxyl groups is 1. The molecule has 2 heterocycles. The van der Waals surface area contributed by atoms with E-state index >= 15 is 0 Å². The zero-order valence-corrected chi connectivity index (χ0v) is 14.0. The van der Waals surface area contributed by atoms with Gasteiger partial charge in [-0.05, 0) is 44.2 Å². The molecule has 23 heavy (non-hydrogen) atoms. The van der Waals surface area contributed by atoms with E-state index in [0.717, 1.165) is 24.0 Å². The molecule has 2 atom stereocenters. The number of ether oxygens (including phenoxy) is 1. The first-order chi connectivity index (χ1) is 10.9. The Balaban J connectivity index is 1.66. The number of aromatic nitrogens is 3. The van der Waals surface area contributed by atoms with Crippen molar-refractivity contribution in [2.24, 2.45) is 5.92 Å². The lowest BCUT2D eigenvalue weighted by Crippen LogP contribution is -2.34. The highest BCUT2D eigenvalue weighted by Gasteiger charge is 2.50. The molecular weight excluding hydrogens is 314 g/mol. The van der Waals surface area contributed by atoms with Crippen LogP contribution in [0.15, 0.2) is 30.9 Å². The Labute approximate surface area is 140 Å². The van der Waals surface area contributed by atoms with E-state index in [-0.39, 0.29) is 17.6 Å². The van der Waals surface area contributed by atoms with Crippen LogP contribution in [-0.4, -0.2) is 25.5 Å². The van der Waals surface area contributed by atoms with E-state index in [0.29, 0.717) is 11.6 Å². The van der Waals surface area contributed by atoms with Gasteiger partial charge in [-0.3, -0.25) is 0 Å². The number of rotatable bonds is 5. The van der Waals surface area contributed by atoms with Crippen LogP contribution in [0.3, 0.4) is 0 Å². The van der Waals surface area contributed by atoms with Crippen LogP contribution in [-0.2, 0) is 16.9 Å². The molecule has 1 saturated carbocycles. The lowest BCUT2D eigenvalue weighted by molar-refractivity contribution is -0.00768. The molecule has 6 heteroatoms. The number of benzene rings is 1. The van der Waals surface area contributed by atoms with E-state index in [1.807, 2.05) is 18.2 Å². The van der Waals surface area contributed by atoms with Crippen LogP contribution in [0.25, 0.3) is 0 Å². The minimum absolute atomic E-state index is 0.0818. The topological polar surface area (TPSA) is 63.5 Å². The van der Waals surface area contributed by atoms with Crippen LogP contribution >= 0.6 is 11.6 Å². The maximum atomic E-state index is 11.3. The summed E-state index contributed by atoms with van der Waals surface area (Å²) in [7, 11) is 0. The summed E-state index contributed by atoms with van der Waals surface area (Å²) >= 11 is 6.53. The second kappa shape index (κ2) is 5.03. The Bertz CT molecular complexity index is 727. The quantitative estimate of drug-likeness (QED) is 0.854. The van der Waals surface area contributed by atoms with Crippen LogP contribution in [0.2, 0.25) is 5.02 Å². The molecule has 2 fully saturated rings. The van der Waals surface area contributed by atoms with Crippen molar-refractivity contribution in [3.05, 3.63) is 47.0 Å². The second-order valence-corrected chi connectivity index (χ2v) is 7.54. The first kappa shape index (κ1) is 15.1. The summed E-state index contributed by atoms with van der Waals surface area (Å²) in [6.07, 6.45) is 5.18. The van der Waals surface area contributed by atoms with E-state index in [2.05, 4.69) is 23.9 Å². The summed E-state index contributed by atoms with van der Waals surface area (Å²) < 4.78 is 7.33. The third kappa shape index (κ3) is 2.67. The first-order valence-corrected chi connectivity index (χ1v) is 8.30. The Morgan fingerprint density at radius 3 is 2.70 bits per heavy atom. The van der Waals surface area contributed by atoms with Gasteiger partial charge in [-0.1, -0.05) is 23.7 Å². The fourth-order valence-corrected chi connectivity index (χ4v) is 3.69. The molecule has 1 aliphatic carbocycles. The average molecular weight is 334 g/mol. The van der Waals surface area contributed by atoms with Crippen molar-refractivity contribution in [2.45, 2.75) is 50.5 Å². The lowest BCUT2D eigenvalue weighted by Gasteiger charge is -2.29. The molecule has 122 valence electrons. The SMILES string of the molecule is CC1(C)O[C@H]1c1ccc(C(O)(Cn2cncn2)C2CC2)c(Cl)c1. The van der Waals surface area contributed by atoms with Gasteiger partial charge in [-0.2, -0.15) is 5.10 Å². The highest BCUT2D eigenvalue weighted by molar-refractivity contribution is 6.31. The van der Waals surface area contributed by atoms with Crippen molar-refractivity contribution in [3.8, 4) is 0 Å². The molecule has 2 aromatic rings. The fraction of sp³-hybridized carbons (Fsp3) is 0.529. The smallest absolute Gasteiger partial charge is 0.137 e. The molecule has 4 rings (SSSR count). The highest BCUT2D eigenvalue weighted by atomic mass is 35.5. The minimum atomic E-state index is -1.01. The third-order valence-electron chi connectivity index (χ3n) is 4.88. The maximum Gasteiger partial charge on any atom is 0.137 e. The molecular formula is C17H20ClN3O2. The van der Waals surface area contributed by atoms with E-state index in [1.54, 1.807) is 11.0 Å². The largest absolute Gasteiger partial charge is 0.383 e. The number of hydrogen-bond acceptors (Lipinski definition) is 4. The van der Waals surface area contributed by atoms with Crippen molar-refractivity contribution < 1.29 is 9.84 Å². The van der Waals surface area contributed by atoms with Gasteiger partial charge in [0, 0.05) is 10.6 Å². The number of halogens is 1. The van der Waals surface area contributed by atoms with Gasteiger partial charge >= 0.3 is 0 Å². The monoisotopic (exact) mass is 333 g/mol. The van der Waals surface area contributed by atoms with Crippen molar-refractivity contribution in [1.82, 2.24) is 14.8 Å². The predicted octanol–water partition coefficient (Wildman–Crippen LogP) is 3.08. The Kier molecular flexibility index (Phi) is 3.31. The van der Waals surface area contributed by atoms with Gasteiger partial charge < -0.3 is 9.84 Å². The zero-order chi connectivity index (χ0) is 16.2. The number of hydrogen-bond donors (Lipinski definition) is 1. The van der Waals surface area contributed by atoms with E-state index < -0.39 is 5.60 Å². The molecule has 1 aliphatic heterocycles. The number of nitrogens with zero attached hydrogens (tertiary/aromatic N) is 3. The summed E-state index contributed by atoms with van der Waals surface area (Å²) in [6, 6.07) is 5.87. The van der Waals surface area contributed by atoms with Gasteiger partial charge in [0.1, 0.15) is 24.4 Å². The van der Waals surface area contributed by atoms with Crippen LogP contribution in [0.4, 0.5) is 0 Å². The summed E-state index contributed by atoms with van der Waals surface area (Å²) in [5, 5.41) is 16.0. The molecule has 0 spiro atoms.